The first-order valence-corrected chi connectivity index (χ1v) is 8.51. The first kappa shape index (κ1) is 18.1. The number of carbonyl (C=O) groups is 2. The van der Waals surface area contributed by atoms with Gasteiger partial charge in [0.15, 0.2) is 0 Å². The Bertz CT molecular complexity index is 944. The molecule has 6 heteroatoms. The van der Waals surface area contributed by atoms with E-state index in [2.05, 4.69) is 15.7 Å². The molecule has 6 nitrogen and oxygen atoms in total. The van der Waals surface area contributed by atoms with Crippen molar-refractivity contribution in [1.82, 2.24) is 15.1 Å². The molecule has 0 fully saturated rings. The van der Waals surface area contributed by atoms with E-state index in [0.29, 0.717) is 17.8 Å². The van der Waals surface area contributed by atoms with Gasteiger partial charge in [0.2, 0.25) is 5.91 Å². The minimum atomic E-state index is -0.251. The average molecular weight is 360 g/mol. The molecule has 0 radical (unpaired) electrons. The molecular formula is C21H20N4O2. The van der Waals surface area contributed by atoms with Gasteiger partial charge in [0.25, 0.3) is 5.91 Å². The summed E-state index contributed by atoms with van der Waals surface area (Å²) in [5.74, 6) is -0.418. The molecule has 3 rings (SSSR count). The first-order chi connectivity index (χ1) is 13.1. The number of benzene rings is 2. The Morgan fingerprint density at radius 3 is 2.52 bits per heavy atom. The van der Waals surface area contributed by atoms with Crippen molar-refractivity contribution in [3.05, 3.63) is 89.8 Å². The van der Waals surface area contributed by atoms with Crippen molar-refractivity contribution in [3.63, 3.8) is 0 Å². The van der Waals surface area contributed by atoms with Crippen molar-refractivity contribution in [2.75, 3.05) is 12.4 Å². The Balaban J connectivity index is 1.56. The van der Waals surface area contributed by atoms with Crippen LogP contribution in [0.4, 0.5) is 5.69 Å². The van der Waals surface area contributed by atoms with E-state index in [1.54, 1.807) is 43.6 Å². The molecule has 0 aliphatic heterocycles. The fourth-order valence-corrected chi connectivity index (χ4v) is 2.53. The van der Waals surface area contributed by atoms with Crippen molar-refractivity contribution in [2.45, 2.75) is 6.54 Å². The van der Waals surface area contributed by atoms with Gasteiger partial charge in [-0.05, 0) is 35.9 Å². The Kier molecular flexibility index (Phi) is 5.79. The molecule has 3 aromatic rings. The van der Waals surface area contributed by atoms with Crippen molar-refractivity contribution in [2.24, 2.45) is 0 Å². The third-order valence-corrected chi connectivity index (χ3v) is 3.91. The van der Waals surface area contributed by atoms with E-state index in [1.165, 1.54) is 6.08 Å². The van der Waals surface area contributed by atoms with Crippen LogP contribution < -0.4 is 10.6 Å². The molecule has 136 valence electrons. The van der Waals surface area contributed by atoms with Gasteiger partial charge in [-0.3, -0.25) is 14.3 Å². The third-order valence-electron chi connectivity index (χ3n) is 3.91. The van der Waals surface area contributed by atoms with Crippen LogP contribution in [-0.2, 0) is 11.3 Å². The molecule has 2 N–H and O–H groups in total. The fourth-order valence-electron chi connectivity index (χ4n) is 2.53. The number of hydrogen-bond acceptors (Lipinski definition) is 3. The van der Waals surface area contributed by atoms with E-state index in [-0.39, 0.29) is 11.8 Å². The van der Waals surface area contributed by atoms with E-state index in [0.717, 1.165) is 11.1 Å². The second-order valence-corrected chi connectivity index (χ2v) is 5.94. The number of amides is 2. The predicted molar refractivity (Wildman–Crippen MR) is 105 cm³/mol. The summed E-state index contributed by atoms with van der Waals surface area (Å²) in [6, 6.07) is 16.7. The second-order valence-electron chi connectivity index (χ2n) is 5.94. The van der Waals surface area contributed by atoms with Crippen molar-refractivity contribution < 1.29 is 9.59 Å². The summed E-state index contributed by atoms with van der Waals surface area (Å²) in [6.45, 7) is 0.679. The quantitative estimate of drug-likeness (QED) is 0.664. The highest BCUT2D eigenvalue weighted by Gasteiger charge is 2.04. The van der Waals surface area contributed by atoms with Gasteiger partial charge in [0.1, 0.15) is 0 Å². The van der Waals surface area contributed by atoms with Gasteiger partial charge in [-0.1, -0.05) is 30.3 Å². The first-order valence-electron chi connectivity index (χ1n) is 8.51. The minimum Gasteiger partial charge on any atom is -0.355 e. The van der Waals surface area contributed by atoms with Gasteiger partial charge in [0.05, 0.1) is 12.7 Å². The van der Waals surface area contributed by atoms with E-state index < -0.39 is 0 Å². The van der Waals surface area contributed by atoms with Crippen LogP contribution in [0.5, 0.6) is 0 Å². The summed E-state index contributed by atoms with van der Waals surface area (Å²) in [5, 5.41) is 9.61. The third kappa shape index (κ3) is 5.15. The molecule has 0 saturated carbocycles. The van der Waals surface area contributed by atoms with Crippen molar-refractivity contribution in [3.8, 4) is 0 Å². The van der Waals surface area contributed by atoms with E-state index >= 15 is 0 Å². The van der Waals surface area contributed by atoms with E-state index in [9.17, 15) is 9.59 Å². The smallest absolute Gasteiger partial charge is 0.251 e. The maximum Gasteiger partial charge on any atom is 0.251 e. The molecule has 2 aromatic carbocycles. The second kappa shape index (κ2) is 8.62. The molecule has 27 heavy (non-hydrogen) atoms. The maximum absolute atomic E-state index is 12.1. The maximum atomic E-state index is 12.1. The van der Waals surface area contributed by atoms with Gasteiger partial charge in [-0.15, -0.1) is 0 Å². The molecule has 0 aliphatic carbocycles. The standard InChI is InChI=1S/C21H20N4O2/c1-22-21(27)18-8-10-19(11-9-18)24-20(26)12-7-17-13-23-25(15-17)14-16-5-3-2-4-6-16/h2-13,15H,14H2,1H3,(H,22,27)(H,24,26)/b12-7+. The lowest BCUT2D eigenvalue weighted by molar-refractivity contribution is -0.111. The molecular weight excluding hydrogens is 340 g/mol. The summed E-state index contributed by atoms with van der Waals surface area (Å²) in [6.07, 6.45) is 6.76. The van der Waals surface area contributed by atoms with Crippen molar-refractivity contribution >= 4 is 23.6 Å². The number of aromatic nitrogens is 2. The number of anilines is 1. The Morgan fingerprint density at radius 2 is 1.81 bits per heavy atom. The molecule has 0 saturated heterocycles. The highest BCUT2D eigenvalue weighted by atomic mass is 16.2. The van der Waals surface area contributed by atoms with E-state index in [4.69, 9.17) is 0 Å². The number of nitrogens with zero attached hydrogens (tertiary/aromatic N) is 2. The number of rotatable bonds is 6. The van der Waals surface area contributed by atoms with Crippen LogP contribution in [-0.4, -0.2) is 28.6 Å². The van der Waals surface area contributed by atoms with Crippen LogP contribution in [0.3, 0.4) is 0 Å². The molecule has 0 unspecified atom stereocenters. The molecule has 0 aliphatic rings. The average Bonchev–Trinajstić information content (AvgIpc) is 3.14. The zero-order valence-electron chi connectivity index (χ0n) is 14.9. The Labute approximate surface area is 157 Å². The largest absolute Gasteiger partial charge is 0.355 e. The Hall–Kier alpha value is -3.67. The minimum absolute atomic E-state index is 0.166. The summed E-state index contributed by atoms with van der Waals surface area (Å²) >= 11 is 0. The predicted octanol–water partition coefficient (Wildman–Crippen LogP) is 2.94. The number of carbonyl (C=O) groups excluding carboxylic acids is 2. The van der Waals surface area contributed by atoms with Crippen molar-refractivity contribution in [1.29, 1.82) is 0 Å². The summed E-state index contributed by atoms with van der Waals surface area (Å²) in [4.78, 5) is 23.6. The topological polar surface area (TPSA) is 76.0 Å². The summed E-state index contributed by atoms with van der Waals surface area (Å²) < 4.78 is 1.82. The van der Waals surface area contributed by atoms with Gasteiger partial charge in [-0.2, -0.15) is 5.10 Å². The molecule has 1 heterocycles. The van der Waals surface area contributed by atoms with Gasteiger partial charge in [0, 0.05) is 36.1 Å². The van der Waals surface area contributed by atoms with Gasteiger partial charge >= 0.3 is 0 Å². The lowest BCUT2D eigenvalue weighted by Crippen LogP contribution is -2.17. The van der Waals surface area contributed by atoms with Crippen LogP contribution in [0.15, 0.2) is 73.1 Å². The zero-order valence-corrected chi connectivity index (χ0v) is 14.9. The molecule has 0 spiro atoms. The lowest BCUT2D eigenvalue weighted by atomic mass is 10.2. The van der Waals surface area contributed by atoms with Crippen LogP contribution in [0, 0.1) is 0 Å². The highest BCUT2D eigenvalue weighted by Crippen LogP contribution is 2.10. The lowest BCUT2D eigenvalue weighted by Gasteiger charge is -2.03. The molecule has 0 bridgehead atoms. The van der Waals surface area contributed by atoms with Gasteiger partial charge < -0.3 is 10.6 Å². The van der Waals surface area contributed by atoms with Crippen LogP contribution in [0.25, 0.3) is 6.08 Å². The van der Waals surface area contributed by atoms with Crippen LogP contribution >= 0.6 is 0 Å². The normalized spacial score (nSPS) is 10.7. The van der Waals surface area contributed by atoms with Crippen LogP contribution in [0.2, 0.25) is 0 Å². The zero-order chi connectivity index (χ0) is 19.1. The summed E-state index contributed by atoms with van der Waals surface area (Å²) in [7, 11) is 1.57. The van der Waals surface area contributed by atoms with Crippen LogP contribution in [0.1, 0.15) is 21.5 Å². The number of hydrogen-bond donors (Lipinski definition) is 2. The number of nitrogens with one attached hydrogen (secondary N) is 2. The Morgan fingerprint density at radius 1 is 1.07 bits per heavy atom. The van der Waals surface area contributed by atoms with E-state index in [1.807, 2.05) is 41.2 Å². The summed E-state index contributed by atoms with van der Waals surface area (Å²) in [5.41, 5.74) is 3.17. The molecule has 0 atom stereocenters. The SMILES string of the molecule is CNC(=O)c1ccc(NC(=O)/C=C/c2cnn(Cc3ccccc3)c2)cc1. The molecule has 2 amide bonds. The highest BCUT2D eigenvalue weighted by molar-refractivity contribution is 6.02. The molecule has 1 aromatic heterocycles. The van der Waals surface area contributed by atoms with Gasteiger partial charge in [-0.25, -0.2) is 0 Å². The monoisotopic (exact) mass is 360 g/mol. The fraction of sp³-hybridized carbons (Fsp3) is 0.0952.